The van der Waals surface area contributed by atoms with Crippen LogP contribution in [0.15, 0.2) is 24.3 Å². The van der Waals surface area contributed by atoms with E-state index in [4.69, 9.17) is 11.6 Å². The molecule has 0 saturated heterocycles. The lowest BCUT2D eigenvalue weighted by atomic mass is 9.94. The Kier molecular flexibility index (Phi) is 5.31. The van der Waals surface area contributed by atoms with Crippen LogP contribution < -0.4 is 0 Å². The molecule has 0 aliphatic carbocycles. The van der Waals surface area contributed by atoms with E-state index in [1.165, 1.54) is 6.92 Å². The quantitative estimate of drug-likeness (QED) is 0.657. The van der Waals surface area contributed by atoms with Gasteiger partial charge in [-0.05, 0) is 31.2 Å². The van der Waals surface area contributed by atoms with Crippen molar-refractivity contribution in [1.29, 1.82) is 0 Å². The Morgan fingerprint density at radius 3 is 2.39 bits per heavy atom. The van der Waals surface area contributed by atoms with Gasteiger partial charge in [0.2, 0.25) is 0 Å². The van der Waals surface area contributed by atoms with Gasteiger partial charge < -0.3 is 9.84 Å². The summed E-state index contributed by atoms with van der Waals surface area (Å²) in [6, 6.07) is 6.27. The monoisotopic (exact) mass is 270 g/mol. The lowest BCUT2D eigenvalue weighted by molar-refractivity contribution is -0.154. The third-order valence-electron chi connectivity index (χ3n) is 2.54. The number of Topliss-reactive ketones (excluding diaryl/α,β-unsaturated/α-hetero) is 1. The molecule has 1 rings (SSSR count). The van der Waals surface area contributed by atoms with Crippen molar-refractivity contribution in [3.8, 4) is 0 Å². The fourth-order valence-electron chi connectivity index (χ4n) is 1.45. The molecule has 4 nitrogen and oxygen atoms in total. The van der Waals surface area contributed by atoms with Crippen molar-refractivity contribution in [3.63, 3.8) is 0 Å². The van der Waals surface area contributed by atoms with Crippen LogP contribution in [0.5, 0.6) is 0 Å². The van der Waals surface area contributed by atoms with Gasteiger partial charge in [0.05, 0.1) is 12.5 Å². The zero-order valence-electron chi connectivity index (χ0n) is 10.2. The SMILES string of the molecule is CCOC(=O)C(O)C(C)C(=O)c1ccc(Cl)cc1. The standard InChI is InChI=1S/C13H15ClO4/c1-3-18-13(17)12(16)8(2)11(15)9-4-6-10(14)7-5-9/h4-8,12,16H,3H2,1-2H3. The second-order valence-electron chi connectivity index (χ2n) is 3.86. The molecule has 0 aliphatic rings. The summed E-state index contributed by atoms with van der Waals surface area (Å²) >= 11 is 5.72. The van der Waals surface area contributed by atoms with Gasteiger partial charge in [0.15, 0.2) is 11.9 Å². The molecule has 0 fully saturated rings. The lowest BCUT2D eigenvalue weighted by Crippen LogP contribution is -2.34. The molecule has 0 radical (unpaired) electrons. The second-order valence-corrected chi connectivity index (χ2v) is 4.29. The first-order valence-corrected chi connectivity index (χ1v) is 5.99. The molecule has 1 N–H and O–H groups in total. The van der Waals surface area contributed by atoms with Crippen LogP contribution in [0, 0.1) is 5.92 Å². The molecule has 0 aliphatic heterocycles. The maximum atomic E-state index is 12.0. The Morgan fingerprint density at radius 2 is 1.89 bits per heavy atom. The lowest BCUT2D eigenvalue weighted by Gasteiger charge is -2.16. The topological polar surface area (TPSA) is 63.6 Å². The molecule has 0 saturated carbocycles. The van der Waals surface area contributed by atoms with Crippen LogP contribution in [0.1, 0.15) is 24.2 Å². The van der Waals surface area contributed by atoms with Crippen LogP contribution >= 0.6 is 11.6 Å². The van der Waals surface area contributed by atoms with Gasteiger partial charge in [0.25, 0.3) is 0 Å². The number of rotatable bonds is 5. The molecular weight excluding hydrogens is 256 g/mol. The molecule has 2 unspecified atom stereocenters. The molecular formula is C13H15ClO4. The summed E-state index contributed by atoms with van der Waals surface area (Å²) in [4.78, 5) is 23.3. The number of ether oxygens (including phenoxy) is 1. The van der Waals surface area contributed by atoms with Gasteiger partial charge in [-0.25, -0.2) is 4.79 Å². The first kappa shape index (κ1) is 14.7. The third kappa shape index (κ3) is 3.55. The second kappa shape index (κ2) is 6.52. The number of hydrogen-bond donors (Lipinski definition) is 1. The number of ketones is 1. The minimum absolute atomic E-state index is 0.164. The summed E-state index contributed by atoms with van der Waals surface area (Å²) in [6.07, 6.45) is -1.45. The third-order valence-corrected chi connectivity index (χ3v) is 2.80. The van der Waals surface area contributed by atoms with Gasteiger partial charge in [-0.2, -0.15) is 0 Å². The molecule has 0 heterocycles. The Hall–Kier alpha value is -1.39. The van der Waals surface area contributed by atoms with Gasteiger partial charge in [0, 0.05) is 10.6 Å². The number of carbonyl (C=O) groups excluding carboxylic acids is 2. The van der Waals surface area contributed by atoms with Gasteiger partial charge >= 0.3 is 5.97 Å². The van der Waals surface area contributed by atoms with Gasteiger partial charge in [0.1, 0.15) is 0 Å². The molecule has 18 heavy (non-hydrogen) atoms. The average molecular weight is 271 g/mol. The first-order chi connectivity index (χ1) is 8.47. The summed E-state index contributed by atoms with van der Waals surface area (Å²) in [5, 5.41) is 10.2. The van der Waals surface area contributed by atoms with Crippen molar-refractivity contribution in [3.05, 3.63) is 34.9 Å². The largest absolute Gasteiger partial charge is 0.464 e. The van der Waals surface area contributed by atoms with Crippen LogP contribution in [-0.4, -0.2) is 29.6 Å². The molecule has 0 spiro atoms. The number of esters is 1. The van der Waals surface area contributed by atoms with Crippen molar-refractivity contribution in [1.82, 2.24) is 0 Å². The fraction of sp³-hybridized carbons (Fsp3) is 0.385. The van der Waals surface area contributed by atoms with Gasteiger partial charge in [-0.15, -0.1) is 0 Å². The van der Waals surface area contributed by atoms with E-state index >= 15 is 0 Å². The highest BCUT2D eigenvalue weighted by atomic mass is 35.5. The van der Waals surface area contributed by atoms with Crippen molar-refractivity contribution in [2.45, 2.75) is 20.0 Å². The first-order valence-electron chi connectivity index (χ1n) is 5.61. The van der Waals surface area contributed by atoms with Crippen LogP contribution in [0.4, 0.5) is 0 Å². The number of benzene rings is 1. The van der Waals surface area contributed by atoms with Crippen LogP contribution in [0.2, 0.25) is 5.02 Å². The van der Waals surface area contributed by atoms with E-state index in [1.54, 1.807) is 31.2 Å². The van der Waals surface area contributed by atoms with Crippen molar-refractivity contribution >= 4 is 23.4 Å². The van der Waals surface area contributed by atoms with E-state index < -0.39 is 18.0 Å². The van der Waals surface area contributed by atoms with E-state index in [9.17, 15) is 14.7 Å². The molecule has 5 heteroatoms. The maximum Gasteiger partial charge on any atom is 0.335 e. The van der Waals surface area contributed by atoms with Crippen LogP contribution in [-0.2, 0) is 9.53 Å². The molecule has 1 aromatic rings. The molecule has 2 atom stereocenters. The highest BCUT2D eigenvalue weighted by Crippen LogP contribution is 2.16. The zero-order chi connectivity index (χ0) is 13.7. The molecule has 0 aromatic heterocycles. The van der Waals surface area contributed by atoms with Crippen molar-refractivity contribution in [2.75, 3.05) is 6.61 Å². The Balaban J connectivity index is 2.77. The zero-order valence-corrected chi connectivity index (χ0v) is 11.0. The van der Waals surface area contributed by atoms with E-state index in [-0.39, 0.29) is 12.4 Å². The van der Waals surface area contributed by atoms with Crippen molar-refractivity contribution in [2.24, 2.45) is 5.92 Å². The van der Waals surface area contributed by atoms with Gasteiger partial charge in [-0.1, -0.05) is 18.5 Å². The molecule has 1 aromatic carbocycles. The molecule has 0 amide bonds. The molecule has 0 bridgehead atoms. The number of hydrogen-bond acceptors (Lipinski definition) is 4. The summed E-state index contributed by atoms with van der Waals surface area (Å²) in [6.45, 7) is 3.28. The summed E-state index contributed by atoms with van der Waals surface area (Å²) < 4.78 is 4.67. The number of aliphatic hydroxyl groups excluding tert-OH is 1. The fourth-order valence-corrected chi connectivity index (χ4v) is 1.58. The average Bonchev–Trinajstić information content (AvgIpc) is 2.37. The predicted molar refractivity (Wildman–Crippen MR) is 67.6 cm³/mol. The van der Waals surface area contributed by atoms with E-state index in [2.05, 4.69) is 4.74 Å². The van der Waals surface area contributed by atoms with Crippen molar-refractivity contribution < 1.29 is 19.4 Å². The number of halogens is 1. The van der Waals surface area contributed by atoms with Crippen LogP contribution in [0.25, 0.3) is 0 Å². The molecule has 98 valence electrons. The predicted octanol–water partition coefficient (Wildman–Crippen LogP) is 2.08. The maximum absolute atomic E-state index is 12.0. The summed E-state index contributed by atoms with van der Waals surface area (Å²) in [5.41, 5.74) is 0.398. The van der Waals surface area contributed by atoms with Crippen LogP contribution in [0.3, 0.4) is 0 Å². The Bertz CT molecular complexity index is 427. The highest BCUT2D eigenvalue weighted by Gasteiger charge is 2.29. The number of aliphatic hydroxyl groups is 1. The smallest absolute Gasteiger partial charge is 0.335 e. The van der Waals surface area contributed by atoms with E-state index in [0.29, 0.717) is 10.6 Å². The number of carbonyl (C=O) groups is 2. The highest BCUT2D eigenvalue weighted by molar-refractivity contribution is 6.30. The Morgan fingerprint density at radius 1 is 1.33 bits per heavy atom. The summed E-state index contributed by atoms with van der Waals surface area (Å²) in [5.74, 6) is -1.97. The van der Waals surface area contributed by atoms with Gasteiger partial charge in [-0.3, -0.25) is 4.79 Å². The normalized spacial score (nSPS) is 13.8. The Labute approximate surface area is 111 Å². The van der Waals surface area contributed by atoms with E-state index in [1.807, 2.05) is 0 Å². The minimum atomic E-state index is -1.45. The summed E-state index contributed by atoms with van der Waals surface area (Å²) in [7, 11) is 0. The van der Waals surface area contributed by atoms with E-state index in [0.717, 1.165) is 0 Å². The minimum Gasteiger partial charge on any atom is -0.464 e.